The standard InChI is InChI=1S/C53H98N2O12/c1-5-9-23-33-46(66-52(62)39-29-37-50(60)64-41-7-3)44(56)31-25-19-15-11-13-17-21-27-35-48(58)54-43-55-49(59)36-28-22-18-14-12-16-20-26-32-45(57)47(34-24-10-6-2)67-53(63)40-30-38-51(61)65-42-8-4/h44-47,56-57H,5-43H2,1-4H3,(H,54,58)(H,55,59). The fourth-order valence-corrected chi connectivity index (χ4v) is 7.83. The summed E-state index contributed by atoms with van der Waals surface area (Å²) in [6.45, 7) is 9.02. The molecule has 0 aromatic rings. The van der Waals surface area contributed by atoms with Gasteiger partial charge in [0.05, 0.1) is 32.1 Å². The fraction of sp³-hybridized carbons (Fsp3) is 0.887. The van der Waals surface area contributed by atoms with E-state index in [9.17, 15) is 39.0 Å². The van der Waals surface area contributed by atoms with Gasteiger partial charge in [-0.3, -0.25) is 28.8 Å². The molecule has 0 saturated heterocycles. The van der Waals surface area contributed by atoms with Crippen molar-refractivity contribution in [3.63, 3.8) is 0 Å². The molecule has 4 unspecified atom stereocenters. The molecule has 0 aliphatic rings. The van der Waals surface area contributed by atoms with Gasteiger partial charge in [-0.15, -0.1) is 0 Å². The number of esters is 4. The predicted molar refractivity (Wildman–Crippen MR) is 264 cm³/mol. The second-order valence-corrected chi connectivity index (χ2v) is 18.4. The molecule has 392 valence electrons. The van der Waals surface area contributed by atoms with E-state index < -0.39 is 24.4 Å². The maximum atomic E-state index is 12.4. The lowest BCUT2D eigenvalue weighted by atomic mass is 9.99. The Labute approximate surface area is 406 Å². The highest BCUT2D eigenvalue weighted by Crippen LogP contribution is 2.20. The first-order valence-electron chi connectivity index (χ1n) is 27.1. The number of hydrogen-bond donors (Lipinski definition) is 4. The number of carbonyl (C=O) groups is 6. The van der Waals surface area contributed by atoms with E-state index in [0.29, 0.717) is 64.6 Å². The van der Waals surface area contributed by atoms with Crippen molar-refractivity contribution in [1.29, 1.82) is 0 Å². The molecule has 14 nitrogen and oxygen atoms in total. The second-order valence-electron chi connectivity index (χ2n) is 18.4. The number of amides is 2. The van der Waals surface area contributed by atoms with Gasteiger partial charge >= 0.3 is 23.9 Å². The van der Waals surface area contributed by atoms with Crippen LogP contribution < -0.4 is 10.6 Å². The van der Waals surface area contributed by atoms with Crippen LogP contribution in [0.3, 0.4) is 0 Å². The summed E-state index contributed by atoms with van der Waals surface area (Å²) < 4.78 is 21.5. The molecule has 0 aromatic heterocycles. The van der Waals surface area contributed by atoms with E-state index in [1.807, 2.05) is 13.8 Å². The highest BCUT2D eigenvalue weighted by molar-refractivity contribution is 5.78. The number of hydrogen-bond acceptors (Lipinski definition) is 12. The fourth-order valence-electron chi connectivity index (χ4n) is 7.83. The highest BCUT2D eigenvalue weighted by atomic mass is 16.6. The van der Waals surface area contributed by atoms with Crippen molar-refractivity contribution in [3.8, 4) is 0 Å². The van der Waals surface area contributed by atoms with Crippen LogP contribution in [0.4, 0.5) is 0 Å². The SMILES string of the molecule is CCCCCC(OC(=O)CCCC(=O)OCCC)C(O)CCCCCCCCCCC(=O)NCNC(=O)CCCCCCCCCCC(O)C(CCCCC)OC(=O)CCCC(=O)OCCC. The Morgan fingerprint density at radius 1 is 0.358 bits per heavy atom. The van der Waals surface area contributed by atoms with Gasteiger partial charge in [-0.05, 0) is 77.0 Å². The van der Waals surface area contributed by atoms with E-state index in [-0.39, 0.29) is 68.0 Å². The van der Waals surface area contributed by atoms with Gasteiger partial charge < -0.3 is 39.8 Å². The number of carbonyl (C=O) groups excluding carboxylic acids is 6. The molecular formula is C53H98N2O12. The molecule has 0 spiro atoms. The lowest BCUT2D eigenvalue weighted by Gasteiger charge is -2.23. The average molecular weight is 955 g/mol. The van der Waals surface area contributed by atoms with E-state index in [0.717, 1.165) is 154 Å². The minimum absolute atomic E-state index is 0.0518. The van der Waals surface area contributed by atoms with Gasteiger partial charge in [-0.1, -0.05) is 143 Å². The van der Waals surface area contributed by atoms with Crippen molar-refractivity contribution in [2.24, 2.45) is 0 Å². The summed E-state index contributed by atoms with van der Waals surface area (Å²) in [5.74, 6) is -1.45. The molecule has 4 N–H and O–H groups in total. The summed E-state index contributed by atoms with van der Waals surface area (Å²) in [6.07, 6.45) is 25.8. The molecule has 67 heavy (non-hydrogen) atoms. The van der Waals surface area contributed by atoms with Crippen LogP contribution in [-0.4, -0.2) is 90.2 Å². The zero-order valence-corrected chi connectivity index (χ0v) is 42.9. The number of aliphatic hydroxyl groups is 2. The van der Waals surface area contributed by atoms with E-state index in [1.54, 1.807) is 0 Å². The zero-order chi connectivity index (χ0) is 49.6. The Hall–Kier alpha value is -3.26. The Morgan fingerprint density at radius 3 is 1.01 bits per heavy atom. The molecule has 0 aliphatic heterocycles. The molecule has 0 rings (SSSR count). The van der Waals surface area contributed by atoms with Crippen LogP contribution in [0.25, 0.3) is 0 Å². The Balaban J connectivity index is 3.94. The van der Waals surface area contributed by atoms with Crippen molar-refractivity contribution in [3.05, 3.63) is 0 Å². The minimum atomic E-state index is -0.690. The average Bonchev–Trinajstić information content (AvgIpc) is 3.30. The molecule has 0 aliphatic carbocycles. The topological polar surface area (TPSA) is 204 Å². The van der Waals surface area contributed by atoms with Crippen molar-refractivity contribution in [2.75, 3.05) is 19.9 Å². The van der Waals surface area contributed by atoms with Gasteiger partial charge in [-0.25, -0.2) is 0 Å². The van der Waals surface area contributed by atoms with E-state index in [2.05, 4.69) is 24.5 Å². The Morgan fingerprint density at radius 2 is 0.672 bits per heavy atom. The normalized spacial score (nSPS) is 13.0. The maximum absolute atomic E-state index is 12.4. The zero-order valence-electron chi connectivity index (χ0n) is 42.9. The lowest BCUT2D eigenvalue weighted by Crippen LogP contribution is -2.37. The molecule has 0 fully saturated rings. The van der Waals surface area contributed by atoms with Gasteiger partial charge in [0.2, 0.25) is 11.8 Å². The number of nitrogens with one attached hydrogen (secondary N) is 2. The first kappa shape index (κ1) is 63.7. The molecule has 4 atom stereocenters. The molecular weight excluding hydrogens is 857 g/mol. The van der Waals surface area contributed by atoms with Crippen molar-refractivity contribution in [1.82, 2.24) is 10.6 Å². The van der Waals surface area contributed by atoms with Crippen molar-refractivity contribution in [2.45, 2.75) is 283 Å². The second kappa shape index (κ2) is 46.5. The lowest BCUT2D eigenvalue weighted by molar-refractivity contribution is -0.157. The third-order valence-electron chi connectivity index (χ3n) is 11.9. The summed E-state index contributed by atoms with van der Waals surface area (Å²) in [4.78, 5) is 72.8. The first-order chi connectivity index (χ1) is 32.5. The summed E-state index contributed by atoms with van der Waals surface area (Å²) >= 11 is 0. The van der Waals surface area contributed by atoms with Gasteiger partial charge in [0.1, 0.15) is 12.2 Å². The van der Waals surface area contributed by atoms with Crippen LogP contribution >= 0.6 is 0 Å². The summed E-state index contributed by atoms with van der Waals surface area (Å²) in [5, 5.41) is 27.3. The van der Waals surface area contributed by atoms with Crippen molar-refractivity contribution < 1.29 is 57.9 Å². The van der Waals surface area contributed by atoms with Crippen molar-refractivity contribution >= 4 is 35.7 Å². The molecule has 0 heterocycles. The highest BCUT2D eigenvalue weighted by Gasteiger charge is 2.24. The predicted octanol–water partition coefficient (Wildman–Crippen LogP) is 10.9. The number of ether oxygens (including phenoxy) is 4. The molecule has 14 heteroatoms. The number of aliphatic hydroxyl groups excluding tert-OH is 2. The maximum Gasteiger partial charge on any atom is 0.306 e. The third kappa shape index (κ3) is 41.4. The Kier molecular flexibility index (Phi) is 44.2. The van der Waals surface area contributed by atoms with E-state index in [1.165, 1.54) is 0 Å². The van der Waals surface area contributed by atoms with Crippen LogP contribution in [0.5, 0.6) is 0 Å². The van der Waals surface area contributed by atoms with Crippen LogP contribution in [0.1, 0.15) is 259 Å². The van der Waals surface area contributed by atoms with E-state index >= 15 is 0 Å². The van der Waals surface area contributed by atoms with E-state index in [4.69, 9.17) is 18.9 Å². The summed E-state index contributed by atoms with van der Waals surface area (Å²) in [7, 11) is 0. The van der Waals surface area contributed by atoms with Crippen LogP contribution in [0, 0.1) is 0 Å². The number of rotatable bonds is 48. The largest absolute Gasteiger partial charge is 0.466 e. The third-order valence-corrected chi connectivity index (χ3v) is 11.9. The molecule has 0 aromatic carbocycles. The molecule has 0 bridgehead atoms. The molecule has 0 saturated carbocycles. The Bertz CT molecular complexity index is 1160. The smallest absolute Gasteiger partial charge is 0.306 e. The van der Waals surface area contributed by atoms with Crippen LogP contribution in [-0.2, 0) is 47.7 Å². The summed E-state index contributed by atoms with van der Waals surface area (Å²) in [6, 6.07) is 0. The van der Waals surface area contributed by atoms with Gasteiger partial charge in [0.25, 0.3) is 0 Å². The quantitative estimate of drug-likeness (QED) is 0.0195. The van der Waals surface area contributed by atoms with Gasteiger partial charge in [0, 0.05) is 38.5 Å². The monoisotopic (exact) mass is 955 g/mol. The van der Waals surface area contributed by atoms with Crippen LogP contribution in [0.2, 0.25) is 0 Å². The summed E-state index contributed by atoms with van der Waals surface area (Å²) in [5.41, 5.74) is 0. The number of unbranched alkanes of at least 4 members (excludes halogenated alkanes) is 18. The van der Waals surface area contributed by atoms with Crippen LogP contribution in [0.15, 0.2) is 0 Å². The minimum Gasteiger partial charge on any atom is -0.466 e. The van der Waals surface area contributed by atoms with Gasteiger partial charge in [0.15, 0.2) is 0 Å². The first-order valence-corrected chi connectivity index (χ1v) is 27.1. The molecule has 0 radical (unpaired) electrons. The van der Waals surface area contributed by atoms with Gasteiger partial charge in [-0.2, -0.15) is 0 Å². The molecule has 2 amide bonds.